The van der Waals surface area contributed by atoms with Gasteiger partial charge in [0.05, 0.1) is 6.10 Å². The van der Waals surface area contributed by atoms with Gasteiger partial charge in [-0.2, -0.15) is 0 Å². The predicted octanol–water partition coefficient (Wildman–Crippen LogP) is 2.08. The van der Waals surface area contributed by atoms with Gasteiger partial charge in [-0.3, -0.25) is 4.79 Å². The lowest BCUT2D eigenvalue weighted by Gasteiger charge is -2.41. The van der Waals surface area contributed by atoms with E-state index in [4.69, 9.17) is 4.74 Å². The van der Waals surface area contributed by atoms with Gasteiger partial charge in [0.15, 0.2) is 0 Å². The fraction of sp³-hybridized carbons (Fsp3) is 0.818. The van der Waals surface area contributed by atoms with Crippen LogP contribution in [0.15, 0.2) is 6.20 Å². The molecule has 4 atom stereocenters. The molecule has 1 N–H and O–H groups in total. The van der Waals surface area contributed by atoms with Gasteiger partial charge in [-0.15, -0.1) is 24.8 Å². The van der Waals surface area contributed by atoms with Crippen molar-refractivity contribution in [2.75, 3.05) is 46.9 Å². The molecule has 0 aromatic carbocycles. The average molecular weight is 474 g/mol. The zero-order valence-electron chi connectivity index (χ0n) is 18.7. The molecular weight excluding hydrogens is 437 g/mol. The predicted molar refractivity (Wildman–Crippen MR) is 125 cm³/mol. The molecule has 1 aromatic rings. The highest BCUT2D eigenvalue weighted by atomic mass is 35.5. The van der Waals surface area contributed by atoms with Crippen LogP contribution in [0.1, 0.15) is 42.0 Å². The van der Waals surface area contributed by atoms with E-state index < -0.39 is 0 Å². The number of rotatable bonds is 5. The number of carbonyl (C=O) groups is 1. The Morgan fingerprint density at radius 3 is 2.65 bits per heavy atom. The minimum atomic E-state index is 0. The Morgan fingerprint density at radius 2 is 1.94 bits per heavy atom. The van der Waals surface area contributed by atoms with E-state index in [9.17, 15) is 4.79 Å². The molecule has 0 unspecified atom stereocenters. The van der Waals surface area contributed by atoms with Crippen molar-refractivity contribution in [3.05, 3.63) is 17.7 Å². The zero-order chi connectivity index (χ0) is 20.0. The van der Waals surface area contributed by atoms with E-state index in [2.05, 4.69) is 38.8 Å². The summed E-state index contributed by atoms with van der Waals surface area (Å²) in [6.07, 6.45) is 8.03. The van der Waals surface area contributed by atoms with Crippen molar-refractivity contribution in [2.45, 2.75) is 50.8 Å². The van der Waals surface area contributed by atoms with Crippen LogP contribution in [-0.4, -0.2) is 84.3 Å². The molecule has 0 spiro atoms. The van der Waals surface area contributed by atoms with E-state index in [0.717, 1.165) is 70.3 Å². The number of carbonyl (C=O) groups excluding carboxylic acids is 1. The van der Waals surface area contributed by atoms with Gasteiger partial charge >= 0.3 is 0 Å². The van der Waals surface area contributed by atoms with Gasteiger partial charge in [-0.1, -0.05) is 0 Å². The first-order chi connectivity index (χ1) is 14.1. The first-order valence-corrected chi connectivity index (χ1v) is 11.4. The smallest absolute Gasteiger partial charge is 0.274 e. The molecule has 176 valence electrons. The number of likely N-dealkylation sites (N-methyl/N-ethyl adjacent to an activating group) is 1. The van der Waals surface area contributed by atoms with E-state index in [-0.39, 0.29) is 30.7 Å². The average Bonchev–Trinajstić information content (AvgIpc) is 3.38. The highest BCUT2D eigenvalue weighted by Gasteiger charge is 2.45. The molecular formula is C22H37Cl2N5O2. The van der Waals surface area contributed by atoms with Crippen LogP contribution < -0.4 is 5.32 Å². The van der Waals surface area contributed by atoms with Crippen molar-refractivity contribution in [1.29, 1.82) is 0 Å². The van der Waals surface area contributed by atoms with Gasteiger partial charge in [0, 0.05) is 58.0 Å². The number of amides is 1. The Balaban J connectivity index is 0.00000136. The molecule has 1 saturated heterocycles. The molecule has 2 aliphatic carbocycles. The number of nitrogens with one attached hydrogen (secondary N) is 1. The molecule has 2 aliphatic heterocycles. The summed E-state index contributed by atoms with van der Waals surface area (Å²) in [5.74, 6) is 3.09. The van der Waals surface area contributed by atoms with Crippen molar-refractivity contribution < 1.29 is 9.53 Å². The summed E-state index contributed by atoms with van der Waals surface area (Å²) >= 11 is 0. The first kappa shape index (κ1) is 24.8. The SMILES string of the molecule is CN(C)[C@@H]1C[C@@H]2CN(C(=O)c3cn4c(n3)CCNCC4)C[C@@H]2C[C@H]1OCC1CC1.Cl.Cl. The Bertz CT molecular complexity index is 731. The van der Waals surface area contributed by atoms with Crippen LogP contribution in [0.4, 0.5) is 0 Å². The van der Waals surface area contributed by atoms with Crippen LogP contribution in [0.5, 0.6) is 0 Å². The van der Waals surface area contributed by atoms with E-state index in [0.29, 0.717) is 29.7 Å². The summed E-state index contributed by atoms with van der Waals surface area (Å²) in [4.78, 5) is 22.3. The first-order valence-electron chi connectivity index (χ1n) is 11.4. The van der Waals surface area contributed by atoms with E-state index in [1.165, 1.54) is 12.8 Å². The molecule has 31 heavy (non-hydrogen) atoms. The number of nitrogens with zero attached hydrogens (tertiary/aromatic N) is 4. The molecule has 0 radical (unpaired) electrons. The number of fused-ring (bicyclic) bond motifs is 2. The van der Waals surface area contributed by atoms with Crippen molar-refractivity contribution in [1.82, 2.24) is 24.7 Å². The van der Waals surface area contributed by atoms with Crippen LogP contribution in [-0.2, 0) is 17.7 Å². The third kappa shape index (κ3) is 5.38. The fourth-order valence-electron chi connectivity index (χ4n) is 5.46. The molecule has 4 aliphatic rings. The summed E-state index contributed by atoms with van der Waals surface area (Å²) in [6, 6.07) is 0.459. The Labute approximate surface area is 198 Å². The second-order valence-electron chi connectivity index (χ2n) is 9.78. The summed E-state index contributed by atoms with van der Waals surface area (Å²) in [7, 11) is 4.34. The van der Waals surface area contributed by atoms with Crippen LogP contribution in [0, 0.1) is 17.8 Å². The van der Waals surface area contributed by atoms with Crippen LogP contribution in [0.2, 0.25) is 0 Å². The van der Waals surface area contributed by atoms with Crippen LogP contribution in [0.25, 0.3) is 0 Å². The number of aromatic nitrogens is 2. The van der Waals surface area contributed by atoms with Gasteiger partial charge in [-0.05, 0) is 57.5 Å². The number of imidazole rings is 1. The molecule has 3 heterocycles. The number of likely N-dealkylation sites (tertiary alicyclic amines) is 1. The molecule has 0 bridgehead atoms. The molecule has 3 fully saturated rings. The second-order valence-corrected chi connectivity index (χ2v) is 9.78. The molecule has 2 saturated carbocycles. The standard InChI is InChI=1S/C22H35N5O2.2ClH/c1-25(2)19-9-16-11-27(12-17(16)10-20(19)29-14-15-3-4-15)22(28)18-13-26-8-7-23-6-5-21(26)24-18;;/h13,15-17,19-20,23H,3-12,14H2,1-2H3;2*1H/t16-,17+,19-,20-;;/m1../s1. The minimum absolute atomic E-state index is 0. The maximum atomic E-state index is 13.2. The van der Waals surface area contributed by atoms with Gasteiger partial charge in [0.25, 0.3) is 5.91 Å². The second kappa shape index (κ2) is 10.4. The summed E-state index contributed by atoms with van der Waals surface area (Å²) in [5.41, 5.74) is 0.631. The highest BCUT2D eigenvalue weighted by molar-refractivity contribution is 5.92. The van der Waals surface area contributed by atoms with Crippen molar-refractivity contribution >= 4 is 30.7 Å². The number of hydrogen-bond donors (Lipinski definition) is 1. The number of ether oxygens (including phenoxy) is 1. The van der Waals surface area contributed by atoms with Crippen LogP contribution in [0.3, 0.4) is 0 Å². The third-order valence-corrected chi connectivity index (χ3v) is 7.41. The number of hydrogen-bond acceptors (Lipinski definition) is 5. The molecule has 5 rings (SSSR count). The summed E-state index contributed by atoms with van der Waals surface area (Å²) < 4.78 is 8.52. The molecule has 1 amide bonds. The normalized spacial score (nSPS) is 30.1. The Kier molecular flexibility index (Phi) is 8.30. The minimum Gasteiger partial charge on any atom is -0.376 e. The van der Waals surface area contributed by atoms with E-state index >= 15 is 0 Å². The Morgan fingerprint density at radius 1 is 1.19 bits per heavy atom. The number of halogens is 2. The molecule has 9 heteroatoms. The zero-order valence-corrected chi connectivity index (χ0v) is 20.3. The van der Waals surface area contributed by atoms with Crippen molar-refractivity contribution in [3.8, 4) is 0 Å². The maximum absolute atomic E-state index is 13.2. The monoisotopic (exact) mass is 473 g/mol. The van der Waals surface area contributed by atoms with E-state index in [1.54, 1.807) is 0 Å². The van der Waals surface area contributed by atoms with Crippen LogP contribution >= 0.6 is 24.8 Å². The van der Waals surface area contributed by atoms with Gasteiger partial charge in [-0.25, -0.2) is 4.98 Å². The molecule has 7 nitrogen and oxygen atoms in total. The fourth-order valence-corrected chi connectivity index (χ4v) is 5.46. The highest BCUT2D eigenvalue weighted by Crippen LogP contribution is 2.40. The third-order valence-electron chi connectivity index (χ3n) is 7.41. The molecule has 1 aromatic heterocycles. The summed E-state index contributed by atoms with van der Waals surface area (Å²) in [6.45, 7) is 5.42. The lowest BCUT2D eigenvalue weighted by Crippen LogP contribution is -2.48. The van der Waals surface area contributed by atoms with Gasteiger partial charge in [0.1, 0.15) is 11.5 Å². The lowest BCUT2D eigenvalue weighted by atomic mass is 9.77. The van der Waals surface area contributed by atoms with E-state index in [1.807, 2.05) is 6.20 Å². The van der Waals surface area contributed by atoms with Crippen molar-refractivity contribution in [2.24, 2.45) is 17.8 Å². The summed E-state index contributed by atoms with van der Waals surface area (Å²) in [5, 5.41) is 3.38. The van der Waals surface area contributed by atoms with Gasteiger partial charge in [0.2, 0.25) is 0 Å². The quantitative estimate of drug-likeness (QED) is 0.708. The van der Waals surface area contributed by atoms with Crippen molar-refractivity contribution in [3.63, 3.8) is 0 Å². The lowest BCUT2D eigenvalue weighted by molar-refractivity contribution is -0.0493. The Hall–Kier alpha value is -0.860. The largest absolute Gasteiger partial charge is 0.376 e. The van der Waals surface area contributed by atoms with Gasteiger partial charge < -0.3 is 24.4 Å². The topological polar surface area (TPSA) is 62.6 Å². The maximum Gasteiger partial charge on any atom is 0.274 e.